The van der Waals surface area contributed by atoms with Crippen molar-refractivity contribution in [1.82, 2.24) is 9.80 Å². The molecule has 1 aliphatic rings. The van der Waals surface area contributed by atoms with Gasteiger partial charge in [-0.15, -0.1) is 0 Å². The molecule has 1 aliphatic heterocycles. The Hall–Kier alpha value is -1.79. The molecule has 0 aromatic carbocycles. The van der Waals surface area contributed by atoms with Gasteiger partial charge in [-0.05, 0) is 26.2 Å². The number of hydrogen-bond acceptors (Lipinski definition) is 3. The number of carboxylic acids is 1. The van der Waals surface area contributed by atoms with Crippen LogP contribution in [0.15, 0.2) is 0 Å². The highest BCUT2D eigenvalue weighted by Crippen LogP contribution is 2.19. The number of amides is 3. The second-order valence-corrected chi connectivity index (χ2v) is 5.23. The third kappa shape index (κ3) is 4.11. The van der Waals surface area contributed by atoms with E-state index in [0.29, 0.717) is 32.4 Å². The van der Waals surface area contributed by atoms with Gasteiger partial charge in [0.25, 0.3) is 0 Å². The average molecular weight is 285 g/mol. The number of carbonyl (C=O) groups excluding carboxylic acids is 2. The minimum Gasteiger partial charge on any atom is -0.480 e. The summed E-state index contributed by atoms with van der Waals surface area (Å²) in [7, 11) is 0. The van der Waals surface area contributed by atoms with Crippen LogP contribution in [-0.2, 0) is 9.59 Å². The second kappa shape index (κ2) is 7.12. The smallest absolute Gasteiger partial charge is 0.323 e. The van der Waals surface area contributed by atoms with Crippen molar-refractivity contribution in [3.63, 3.8) is 0 Å². The second-order valence-electron chi connectivity index (χ2n) is 5.23. The maximum Gasteiger partial charge on any atom is 0.323 e. The number of carboxylic acid groups (broad SMARTS) is 1. The fraction of sp³-hybridized carbons (Fsp3) is 0.769. The Morgan fingerprint density at radius 3 is 2.30 bits per heavy atom. The molecule has 3 amide bonds. The van der Waals surface area contributed by atoms with Crippen molar-refractivity contribution in [3.8, 4) is 0 Å². The van der Waals surface area contributed by atoms with E-state index in [1.807, 2.05) is 13.8 Å². The largest absolute Gasteiger partial charge is 0.480 e. The number of primary amides is 1. The molecular weight excluding hydrogens is 262 g/mol. The first-order chi connectivity index (χ1) is 9.36. The van der Waals surface area contributed by atoms with Gasteiger partial charge < -0.3 is 20.6 Å². The van der Waals surface area contributed by atoms with E-state index in [1.54, 1.807) is 4.90 Å². The molecule has 1 fully saturated rings. The van der Waals surface area contributed by atoms with Gasteiger partial charge in [0.1, 0.15) is 6.54 Å². The number of carbonyl (C=O) groups is 3. The number of urea groups is 1. The van der Waals surface area contributed by atoms with E-state index in [4.69, 9.17) is 10.8 Å². The van der Waals surface area contributed by atoms with Crippen molar-refractivity contribution in [1.29, 1.82) is 0 Å². The number of piperidine rings is 1. The lowest BCUT2D eigenvalue weighted by Crippen LogP contribution is -2.52. The van der Waals surface area contributed by atoms with Gasteiger partial charge >= 0.3 is 12.0 Å². The lowest BCUT2D eigenvalue weighted by Gasteiger charge is -2.36. The predicted octanol–water partition coefficient (Wildman–Crippen LogP) is 0.489. The summed E-state index contributed by atoms with van der Waals surface area (Å²) in [6.07, 6.45) is 1.78. The van der Waals surface area contributed by atoms with Gasteiger partial charge in [0.2, 0.25) is 5.91 Å². The summed E-state index contributed by atoms with van der Waals surface area (Å²) in [6.45, 7) is 4.32. The Morgan fingerprint density at radius 1 is 1.35 bits per heavy atom. The summed E-state index contributed by atoms with van der Waals surface area (Å²) in [5, 5.41) is 8.92. The zero-order valence-corrected chi connectivity index (χ0v) is 12.0. The Bertz CT molecular complexity index is 378. The van der Waals surface area contributed by atoms with E-state index in [2.05, 4.69) is 0 Å². The van der Waals surface area contributed by atoms with Crippen LogP contribution < -0.4 is 5.73 Å². The van der Waals surface area contributed by atoms with Crippen molar-refractivity contribution < 1.29 is 19.5 Å². The van der Waals surface area contributed by atoms with Gasteiger partial charge in [0.15, 0.2) is 0 Å². The van der Waals surface area contributed by atoms with Crippen LogP contribution in [0.1, 0.15) is 33.1 Å². The number of nitrogens with two attached hydrogens (primary N) is 1. The van der Waals surface area contributed by atoms with E-state index in [0.717, 1.165) is 0 Å². The molecule has 0 aromatic rings. The minimum atomic E-state index is -1.02. The Morgan fingerprint density at radius 2 is 1.90 bits per heavy atom. The normalized spacial score (nSPS) is 17.6. The summed E-state index contributed by atoms with van der Waals surface area (Å²) < 4.78 is 0. The van der Waals surface area contributed by atoms with Crippen molar-refractivity contribution >= 4 is 17.9 Å². The van der Waals surface area contributed by atoms with E-state index < -0.39 is 5.97 Å². The number of hydrogen-bond donors (Lipinski definition) is 2. The maximum absolute atomic E-state index is 12.4. The lowest BCUT2D eigenvalue weighted by atomic mass is 9.96. The summed E-state index contributed by atoms with van der Waals surface area (Å²) in [4.78, 5) is 37.3. The molecular formula is C13H23N3O4. The van der Waals surface area contributed by atoms with Crippen LogP contribution in [0, 0.1) is 5.92 Å². The molecule has 7 nitrogen and oxygen atoms in total. The van der Waals surface area contributed by atoms with E-state index in [1.165, 1.54) is 4.90 Å². The first-order valence-electron chi connectivity index (χ1n) is 6.93. The quantitative estimate of drug-likeness (QED) is 0.767. The summed E-state index contributed by atoms with van der Waals surface area (Å²) in [6, 6.07) is -0.405. The van der Waals surface area contributed by atoms with Crippen LogP contribution >= 0.6 is 0 Å². The van der Waals surface area contributed by atoms with Crippen molar-refractivity contribution in [2.75, 3.05) is 19.6 Å². The van der Waals surface area contributed by atoms with E-state index in [9.17, 15) is 14.4 Å². The summed E-state index contributed by atoms with van der Waals surface area (Å²) in [5.74, 6) is -1.54. The Balaban J connectivity index is 2.66. The Labute approximate surface area is 118 Å². The standard InChI is InChI=1S/C13H23N3O4/c1-3-9(2)16(8-11(17)18)13(20)15-6-4-10(5-7-15)12(14)19/h9-10H,3-8H2,1-2H3,(H2,14,19)(H,17,18). The highest BCUT2D eigenvalue weighted by molar-refractivity contribution is 5.81. The third-order valence-electron chi connectivity index (χ3n) is 3.84. The molecule has 1 atom stereocenters. The molecule has 0 aliphatic carbocycles. The maximum atomic E-state index is 12.4. The molecule has 0 saturated carbocycles. The highest BCUT2D eigenvalue weighted by Gasteiger charge is 2.30. The van der Waals surface area contributed by atoms with Crippen molar-refractivity contribution in [2.45, 2.75) is 39.2 Å². The first-order valence-corrected chi connectivity index (χ1v) is 6.93. The van der Waals surface area contributed by atoms with E-state index >= 15 is 0 Å². The van der Waals surface area contributed by atoms with Crippen LogP contribution in [0.2, 0.25) is 0 Å². The van der Waals surface area contributed by atoms with Gasteiger partial charge in [-0.2, -0.15) is 0 Å². The van der Waals surface area contributed by atoms with Gasteiger partial charge in [-0.3, -0.25) is 9.59 Å². The van der Waals surface area contributed by atoms with Crippen LogP contribution in [0.25, 0.3) is 0 Å². The van der Waals surface area contributed by atoms with Crippen molar-refractivity contribution in [3.05, 3.63) is 0 Å². The SMILES string of the molecule is CCC(C)N(CC(=O)O)C(=O)N1CCC(C(N)=O)CC1. The summed E-state index contributed by atoms with van der Waals surface area (Å²) in [5.41, 5.74) is 5.25. The summed E-state index contributed by atoms with van der Waals surface area (Å²) >= 11 is 0. The van der Waals surface area contributed by atoms with Gasteiger partial charge in [-0.1, -0.05) is 6.92 Å². The molecule has 3 N–H and O–H groups in total. The minimum absolute atomic E-state index is 0.132. The molecule has 7 heteroatoms. The topological polar surface area (TPSA) is 104 Å². The molecule has 114 valence electrons. The van der Waals surface area contributed by atoms with Crippen LogP contribution in [0.5, 0.6) is 0 Å². The molecule has 20 heavy (non-hydrogen) atoms. The highest BCUT2D eigenvalue weighted by atomic mass is 16.4. The van der Waals surface area contributed by atoms with Crippen LogP contribution in [0.4, 0.5) is 4.79 Å². The van der Waals surface area contributed by atoms with Gasteiger partial charge in [-0.25, -0.2) is 4.79 Å². The predicted molar refractivity (Wildman–Crippen MR) is 73.0 cm³/mol. The molecule has 1 unspecified atom stereocenters. The van der Waals surface area contributed by atoms with Crippen LogP contribution in [-0.4, -0.2) is 58.5 Å². The average Bonchev–Trinajstić information content (AvgIpc) is 2.43. The first kappa shape index (κ1) is 16.3. The van der Waals surface area contributed by atoms with Gasteiger partial charge in [0, 0.05) is 25.0 Å². The molecule has 0 radical (unpaired) electrons. The fourth-order valence-electron chi connectivity index (χ4n) is 2.32. The van der Waals surface area contributed by atoms with Crippen molar-refractivity contribution in [2.24, 2.45) is 11.7 Å². The Kier molecular flexibility index (Phi) is 5.79. The zero-order valence-electron chi connectivity index (χ0n) is 12.0. The van der Waals surface area contributed by atoms with Crippen LogP contribution in [0.3, 0.4) is 0 Å². The van der Waals surface area contributed by atoms with Gasteiger partial charge in [0.05, 0.1) is 0 Å². The molecule has 0 aromatic heterocycles. The molecule has 0 bridgehead atoms. The number of likely N-dealkylation sites (tertiary alicyclic amines) is 1. The molecule has 1 heterocycles. The molecule has 0 spiro atoms. The fourth-order valence-corrected chi connectivity index (χ4v) is 2.32. The third-order valence-corrected chi connectivity index (χ3v) is 3.84. The molecule has 1 rings (SSSR count). The monoisotopic (exact) mass is 285 g/mol. The lowest BCUT2D eigenvalue weighted by molar-refractivity contribution is -0.138. The number of aliphatic carboxylic acids is 1. The molecule has 1 saturated heterocycles. The number of nitrogens with zero attached hydrogens (tertiary/aromatic N) is 2. The van der Waals surface area contributed by atoms with E-state index in [-0.39, 0.29) is 30.4 Å². The zero-order chi connectivity index (χ0) is 15.3. The number of rotatable bonds is 5.